The van der Waals surface area contributed by atoms with Crippen LogP contribution in [0.1, 0.15) is 5.56 Å². The lowest BCUT2D eigenvalue weighted by molar-refractivity contribution is 0.399. The summed E-state index contributed by atoms with van der Waals surface area (Å²) in [5.41, 5.74) is 1.79. The van der Waals surface area contributed by atoms with Gasteiger partial charge in [-0.1, -0.05) is 11.8 Å². The Morgan fingerprint density at radius 1 is 0.960 bits per heavy atom. The van der Waals surface area contributed by atoms with Gasteiger partial charge < -0.3 is 4.90 Å². The van der Waals surface area contributed by atoms with E-state index in [0.29, 0.717) is 5.69 Å². The van der Waals surface area contributed by atoms with E-state index in [-0.39, 0.29) is 0 Å². The summed E-state index contributed by atoms with van der Waals surface area (Å²) >= 11 is 3.42. The molecule has 0 N–H and O–H groups in total. The molecule has 0 saturated carbocycles. The van der Waals surface area contributed by atoms with Gasteiger partial charge in [-0.05, 0) is 68.4 Å². The molecule has 0 saturated heterocycles. The number of rotatable bonds is 7. The fourth-order valence-electron chi connectivity index (χ4n) is 2.29. The zero-order valence-electron chi connectivity index (χ0n) is 15.2. The van der Waals surface area contributed by atoms with Crippen LogP contribution in [-0.4, -0.2) is 47.0 Å². The quantitative estimate of drug-likeness (QED) is 0.661. The van der Waals surface area contributed by atoms with Gasteiger partial charge in [0.15, 0.2) is 0 Å². The van der Waals surface area contributed by atoms with Crippen LogP contribution >= 0.6 is 23.5 Å². The Hall–Kier alpha value is -1.15. The molecule has 0 aliphatic rings. The molecular weight excluding hydrogens is 372 g/mol. The molecule has 0 aromatic heterocycles. The van der Waals surface area contributed by atoms with Gasteiger partial charge in [0.25, 0.3) is 0 Å². The van der Waals surface area contributed by atoms with E-state index in [1.807, 2.05) is 32.3 Å². The minimum atomic E-state index is -3.27. The molecule has 25 heavy (non-hydrogen) atoms. The van der Waals surface area contributed by atoms with Crippen LogP contribution in [0.3, 0.4) is 0 Å². The minimum Gasteiger partial charge on any atom is -0.305 e. The first-order chi connectivity index (χ1) is 11.7. The third kappa shape index (κ3) is 5.67. The van der Waals surface area contributed by atoms with Gasteiger partial charge in [0.05, 0.1) is 11.9 Å². The van der Waals surface area contributed by atoms with Gasteiger partial charge in [0.1, 0.15) is 0 Å². The predicted octanol–water partition coefficient (Wildman–Crippen LogP) is 4.02. The molecule has 0 aliphatic carbocycles. The average molecular weight is 397 g/mol. The van der Waals surface area contributed by atoms with Gasteiger partial charge in [-0.15, -0.1) is 11.8 Å². The molecule has 2 rings (SSSR count). The van der Waals surface area contributed by atoms with Crippen LogP contribution in [0.5, 0.6) is 0 Å². The SMILES string of the molecule is CSc1ccc(Sc2ccc(N(C)S(C)(=O)=O)cc2CN(C)C)cc1. The van der Waals surface area contributed by atoms with Crippen molar-refractivity contribution in [3.63, 3.8) is 0 Å². The van der Waals surface area contributed by atoms with Crippen molar-refractivity contribution in [3.05, 3.63) is 48.0 Å². The first kappa shape index (κ1) is 20.2. The summed E-state index contributed by atoms with van der Waals surface area (Å²) in [6.45, 7) is 0.747. The standard InChI is InChI=1S/C18H24N2O2S3/c1-19(2)13-14-12-15(20(3)25(5,21)22)6-11-18(14)24-17-9-7-16(23-4)8-10-17/h6-12H,13H2,1-5H3. The Kier molecular flexibility index (Phi) is 6.85. The molecule has 0 radical (unpaired) electrons. The van der Waals surface area contributed by atoms with Gasteiger partial charge in [0.2, 0.25) is 10.0 Å². The molecule has 0 aliphatic heterocycles. The summed E-state index contributed by atoms with van der Waals surface area (Å²) in [6, 6.07) is 14.3. The minimum absolute atomic E-state index is 0.682. The number of hydrogen-bond acceptors (Lipinski definition) is 5. The Labute approximate surface area is 159 Å². The summed E-state index contributed by atoms with van der Waals surface area (Å²) < 4.78 is 24.9. The van der Waals surface area contributed by atoms with Crippen LogP contribution in [0.15, 0.2) is 57.2 Å². The van der Waals surface area contributed by atoms with E-state index in [4.69, 9.17) is 0 Å². The fraction of sp³-hybridized carbons (Fsp3) is 0.333. The lowest BCUT2D eigenvalue weighted by atomic mass is 10.2. The van der Waals surface area contributed by atoms with E-state index in [1.54, 1.807) is 30.6 Å². The Balaban J connectivity index is 2.35. The van der Waals surface area contributed by atoms with Crippen LogP contribution in [-0.2, 0) is 16.6 Å². The number of sulfonamides is 1. The van der Waals surface area contributed by atoms with Gasteiger partial charge in [0, 0.05) is 28.3 Å². The molecule has 0 spiro atoms. The van der Waals surface area contributed by atoms with Crippen molar-refractivity contribution in [2.75, 3.05) is 38.0 Å². The van der Waals surface area contributed by atoms with Crippen LogP contribution in [0, 0.1) is 0 Å². The second-order valence-corrected chi connectivity index (χ2v) is 10.0. The molecule has 0 unspecified atom stereocenters. The topological polar surface area (TPSA) is 40.6 Å². The van der Waals surface area contributed by atoms with E-state index in [9.17, 15) is 8.42 Å². The van der Waals surface area contributed by atoms with E-state index in [2.05, 4.69) is 35.4 Å². The summed E-state index contributed by atoms with van der Waals surface area (Å²) in [7, 11) is 2.33. The lowest BCUT2D eigenvalue weighted by Crippen LogP contribution is -2.25. The highest BCUT2D eigenvalue weighted by atomic mass is 32.2. The molecule has 0 fully saturated rings. The largest absolute Gasteiger partial charge is 0.305 e. The maximum absolute atomic E-state index is 11.8. The Morgan fingerprint density at radius 2 is 1.56 bits per heavy atom. The highest BCUT2D eigenvalue weighted by molar-refractivity contribution is 7.99. The number of benzene rings is 2. The number of anilines is 1. The Morgan fingerprint density at radius 3 is 2.08 bits per heavy atom. The molecular formula is C18H24N2O2S3. The van der Waals surface area contributed by atoms with E-state index < -0.39 is 10.0 Å². The molecule has 2 aromatic carbocycles. The zero-order valence-corrected chi connectivity index (χ0v) is 17.6. The monoisotopic (exact) mass is 396 g/mol. The maximum atomic E-state index is 11.8. The normalized spacial score (nSPS) is 11.8. The van der Waals surface area contributed by atoms with E-state index in [1.165, 1.54) is 20.4 Å². The summed E-state index contributed by atoms with van der Waals surface area (Å²) in [5, 5.41) is 0. The maximum Gasteiger partial charge on any atom is 0.231 e. The number of hydrogen-bond donors (Lipinski definition) is 0. The third-order valence-electron chi connectivity index (χ3n) is 3.68. The molecule has 2 aromatic rings. The van der Waals surface area contributed by atoms with Crippen molar-refractivity contribution in [1.29, 1.82) is 0 Å². The molecule has 136 valence electrons. The second-order valence-electron chi connectivity index (χ2n) is 6.04. The number of nitrogens with zero attached hydrogens (tertiary/aromatic N) is 2. The van der Waals surface area contributed by atoms with Crippen LogP contribution in [0.2, 0.25) is 0 Å². The van der Waals surface area contributed by atoms with Crippen molar-refractivity contribution in [2.24, 2.45) is 0 Å². The Bertz CT molecular complexity index is 819. The lowest BCUT2D eigenvalue weighted by Gasteiger charge is -2.20. The zero-order chi connectivity index (χ0) is 18.6. The van der Waals surface area contributed by atoms with Gasteiger partial charge in [-0.25, -0.2) is 8.42 Å². The average Bonchev–Trinajstić information content (AvgIpc) is 2.55. The molecule has 4 nitrogen and oxygen atoms in total. The molecule has 7 heteroatoms. The van der Waals surface area contributed by atoms with Crippen LogP contribution in [0.4, 0.5) is 5.69 Å². The highest BCUT2D eigenvalue weighted by Crippen LogP contribution is 2.34. The third-order valence-corrected chi connectivity index (χ3v) is 6.75. The summed E-state index contributed by atoms with van der Waals surface area (Å²) in [6.07, 6.45) is 3.28. The number of thioether (sulfide) groups is 1. The molecule has 0 heterocycles. The molecule has 0 bridgehead atoms. The summed E-state index contributed by atoms with van der Waals surface area (Å²) in [4.78, 5) is 5.63. The first-order valence-corrected chi connectivity index (χ1v) is 11.6. The summed E-state index contributed by atoms with van der Waals surface area (Å²) in [5.74, 6) is 0. The van der Waals surface area contributed by atoms with Gasteiger partial charge in [-0.2, -0.15) is 0 Å². The van der Waals surface area contributed by atoms with Crippen molar-refractivity contribution < 1.29 is 8.42 Å². The van der Waals surface area contributed by atoms with Crippen molar-refractivity contribution in [3.8, 4) is 0 Å². The first-order valence-electron chi connectivity index (χ1n) is 7.74. The molecule has 0 atom stereocenters. The van der Waals surface area contributed by atoms with Gasteiger partial charge in [-0.3, -0.25) is 4.31 Å². The molecule has 0 amide bonds. The second kappa shape index (κ2) is 8.49. The van der Waals surface area contributed by atoms with Crippen molar-refractivity contribution >= 4 is 39.2 Å². The van der Waals surface area contributed by atoms with E-state index >= 15 is 0 Å². The fourth-order valence-corrected chi connectivity index (χ4v) is 4.11. The smallest absolute Gasteiger partial charge is 0.231 e. The van der Waals surface area contributed by atoms with E-state index in [0.717, 1.165) is 17.0 Å². The predicted molar refractivity (Wildman–Crippen MR) is 109 cm³/mol. The van der Waals surface area contributed by atoms with Crippen molar-refractivity contribution in [2.45, 2.75) is 21.2 Å². The van der Waals surface area contributed by atoms with Crippen LogP contribution < -0.4 is 4.31 Å². The van der Waals surface area contributed by atoms with Crippen LogP contribution in [0.25, 0.3) is 0 Å². The highest BCUT2D eigenvalue weighted by Gasteiger charge is 2.15. The van der Waals surface area contributed by atoms with Gasteiger partial charge >= 0.3 is 0 Å². The van der Waals surface area contributed by atoms with Crippen molar-refractivity contribution in [1.82, 2.24) is 4.90 Å².